The number of likely N-dealkylation sites (tertiary alicyclic amines) is 1. The van der Waals surface area contributed by atoms with Gasteiger partial charge in [0.25, 0.3) is 5.91 Å². The standard InChI is InChI=1S/C19H29ClN4O2/c1-26-18-10-17(21)16(20)9-15(18)19(25)23-14-4-7-24(8-5-14)12-13-3-2-6-22-11-13/h9-10,13-14,22H,2-8,11-12,21H2,1H3,(H,23,25). The number of hydrogen-bond acceptors (Lipinski definition) is 5. The summed E-state index contributed by atoms with van der Waals surface area (Å²) in [7, 11) is 1.53. The lowest BCUT2D eigenvalue weighted by Crippen LogP contribution is -2.47. The molecule has 2 fully saturated rings. The van der Waals surface area contributed by atoms with Crippen molar-refractivity contribution in [2.45, 2.75) is 31.7 Å². The molecule has 2 aliphatic rings. The fourth-order valence-corrected chi connectivity index (χ4v) is 4.05. The fourth-order valence-electron chi connectivity index (χ4n) is 3.88. The van der Waals surface area contributed by atoms with Crippen LogP contribution in [0.5, 0.6) is 5.75 Å². The number of carbonyl (C=O) groups is 1. The van der Waals surface area contributed by atoms with Crippen LogP contribution in [0.1, 0.15) is 36.0 Å². The highest BCUT2D eigenvalue weighted by molar-refractivity contribution is 6.33. The molecule has 2 heterocycles. The van der Waals surface area contributed by atoms with Gasteiger partial charge in [-0.15, -0.1) is 0 Å². The smallest absolute Gasteiger partial charge is 0.255 e. The summed E-state index contributed by atoms with van der Waals surface area (Å²) in [6.45, 7) is 5.51. The molecule has 1 unspecified atom stereocenters. The molecule has 0 radical (unpaired) electrons. The number of hydrogen-bond donors (Lipinski definition) is 3. The van der Waals surface area contributed by atoms with Gasteiger partial charge in [0, 0.05) is 31.7 Å². The van der Waals surface area contributed by atoms with Gasteiger partial charge in [0.05, 0.1) is 23.4 Å². The van der Waals surface area contributed by atoms with Gasteiger partial charge in [0.15, 0.2) is 0 Å². The third kappa shape index (κ3) is 4.81. The Morgan fingerprint density at radius 1 is 1.38 bits per heavy atom. The number of amides is 1. The first-order valence-electron chi connectivity index (χ1n) is 9.43. The number of rotatable bonds is 5. The molecule has 0 spiro atoms. The summed E-state index contributed by atoms with van der Waals surface area (Å²) in [6.07, 6.45) is 4.54. The van der Waals surface area contributed by atoms with Crippen molar-refractivity contribution < 1.29 is 9.53 Å². The Kier molecular flexibility index (Phi) is 6.62. The maximum atomic E-state index is 12.6. The highest BCUT2D eigenvalue weighted by Gasteiger charge is 2.25. The second-order valence-electron chi connectivity index (χ2n) is 7.33. The van der Waals surface area contributed by atoms with E-state index in [4.69, 9.17) is 22.1 Å². The zero-order valence-electron chi connectivity index (χ0n) is 15.4. The maximum absolute atomic E-state index is 12.6. The van der Waals surface area contributed by atoms with E-state index < -0.39 is 0 Å². The third-order valence-corrected chi connectivity index (χ3v) is 5.73. The van der Waals surface area contributed by atoms with E-state index in [2.05, 4.69) is 15.5 Å². The number of nitrogens with two attached hydrogens (primary N) is 1. The zero-order valence-corrected chi connectivity index (χ0v) is 16.1. The van der Waals surface area contributed by atoms with E-state index in [1.165, 1.54) is 20.0 Å². The van der Waals surface area contributed by atoms with Crippen LogP contribution in [0.25, 0.3) is 0 Å². The average Bonchev–Trinajstić information content (AvgIpc) is 2.66. The molecule has 0 aromatic heterocycles. The van der Waals surface area contributed by atoms with Crippen LogP contribution >= 0.6 is 11.6 Å². The summed E-state index contributed by atoms with van der Waals surface area (Å²) < 4.78 is 5.28. The predicted molar refractivity (Wildman–Crippen MR) is 105 cm³/mol. The van der Waals surface area contributed by atoms with E-state index in [0.717, 1.165) is 51.5 Å². The summed E-state index contributed by atoms with van der Waals surface area (Å²) in [5, 5.41) is 6.97. The van der Waals surface area contributed by atoms with Crippen molar-refractivity contribution in [3.63, 3.8) is 0 Å². The van der Waals surface area contributed by atoms with Gasteiger partial charge in [0.2, 0.25) is 0 Å². The quantitative estimate of drug-likeness (QED) is 0.682. The molecular weight excluding hydrogens is 352 g/mol. The molecule has 0 aliphatic carbocycles. The van der Waals surface area contributed by atoms with Crippen LogP contribution in [0.2, 0.25) is 5.02 Å². The van der Waals surface area contributed by atoms with Gasteiger partial charge >= 0.3 is 0 Å². The van der Waals surface area contributed by atoms with E-state index in [1.54, 1.807) is 12.1 Å². The molecule has 144 valence electrons. The minimum absolute atomic E-state index is 0.154. The maximum Gasteiger partial charge on any atom is 0.255 e. The highest BCUT2D eigenvalue weighted by atomic mass is 35.5. The molecule has 1 aromatic rings. The normalized spacial score (nSPS) is 22.2. The Morgan fingerprint density at radius 2 is 2.15 bits per heavy atom. The number of nitrogens with zero attached hydrogens (tertiary/aromatic N) is 1. The Labute approximate surface area is 160 Å². The Balaban J connectivity index is 1.51. The number of ether oxygens (including phenoxy) is 1. The number of methoxy groups -OCH3 is 1. The van der Waals surface area contributed by atoms with Gasteiger partial charge in [-0.25, -0.2) is 0 Å². The first-order chi connectivity index (χ1) is 12.6. The summed E-state index contributed by atoms with van der Waals surface area (Å²) >= 11 is 6.07. The van der Waals surface area contributed by atoms with E-state index in [9.17, 15) is 4.79 Å². The van der Waals surface area contributed by atoms with E-state index in [1.807, 2.05) is 0 Å². The number of piperidine rings is 2. The third-order valence-electron chi connectivity index (χ3n) is 5.40. The van der Waals surface area contributed by atoms with Crippen LogP contribution in [0.3, 0.4) is 0 Å². The van der Waals surface area contributed by atoms with E-state index in [0.29, 0.717) is 22.0 Å². The molecule has 7 heteroatoms. The molecule has 6 nitrogen and oxygen atoms in total. The van der Waals surface area contributed by atoms with Crippen molar-refractivity contribution in [1.82, 2.24) is 15.5 Å². The monoisotopic (exact) mass is 380 g/mol. The molecule has 1 atom stereocenters. The lowest BCUT2D eigenvalue weighted by atomic mass is 9.97. The molecule has 26 heavy (non-hydrogen) atoms. The Morgan fingerprint density at radius 3 is 2.81 bits per heavy atom. The number of nitrogens with one attached hydrogen (secondary N) is 2. The lowest BCUT2D eigenvalue weighted by Gasteiger charge is -2.35. The van der Waals surface area contributed by atoms with Gasteiger partial charge in [-0.3, -0.25) is 4.79 Å². The number of anilines is 1. The topological polar surface area (TPSA) is 79.6 Å². The van der Waals surface area contributed by atoms with Gasteiger partial charge in [-0.1, -0.05) is 11.6 Å². The second kappa shape index (κ2) is 8.93. The van der Waals surface area contributed by atoms with Crippen LogP contribution < -0.4 is 21.1 Å². The molecule has 3 rings (SSSR count). The van der Waals surface area contributed by atoms with Gasteiger partial charge in [-0.05, 0) is 50.8 Å². The van der Waals surface area contributed by atoms with Crippen LogP contribution in [0.4, 0.5) is 5.69 Å². The Bertz CT molecular complexity index is 626. The second-order valence-corrected chi connectivity index (χ2v) is 7.74. The molecule has 4 N–H and O–H groups in total. The summed E-state index contributed by atoms with van der Waals surface area (Å²) in [4.78, 5) is 15.2. The van der Waals surface area contributed by atoms with Crippen LogP contribution in [-0.4, -0.2) is 56.7 Å². The van der Waals surface area contributed by atoms with Crippen molar-refractivity contribution in [3.05, 3.63) is 22.7 Å². The zero-order chi connectivity index (χ0) is 18.5. The molecule has 1 amide bonds. The van der Waals surface area contributed by atoms with Gasteiger partial charge in [-0.2, -0.15) is 0 Å². The molecular formula is C19H29ClN4O2. The first-order valence-corrected chi connectivity index (χ1v) is 9.81. The minimum Gasteiger partial charge on any atom is -0.496 e. The van der Waals surface area contributed by atoms with Gasteiger partial charge in [0.1, 0.15) is 5.75 Å². The molecule has 2 aliphatic heterocycles. The molecule has 1 aromatic carbocycles. The summed E-state index contributed by atoms with van der Waals surface area (Å²) in [5.41, 5.74) is 6.63. The van der Waals surface area contributed by atoms with Crippen LogP contribution in [0.15, 0.2) is 12.1 Å². The highest BCUT2D eigenvalue weighted by Crippen LogP contribution is 2.29. The molecule has 2 saturated heterocycles. The van der Waals surface area contributed by atoms with Crippen molar-refractivity contribution in [1.29, 1.82) is 0 Å². The number of benzene rings is 1. The lowest BCUT2D eigenvalue weighted by molar-refractivity contribution is 0.0900. The van der Waals surface area contributed by atoms with Crippen molar-refractivity contribution in [3.8, 4) is 5.75 Å². The number of halogens is 1. The summed E-state index contributed by atoms with van der Waals surface area (Å²) in [5.74, 6) is 1.06. The number of nitrogen functional groups attached to an aromatic ring is 1. The minimum atomic E-state index is -0.154. The average molecular weight is 381 g/mol. The number of carbonyl (C=O) groups excluding carboxylic acids is 1. The SMILES string of the molecule is COc1cc(N)c(Cl)cc1C(=O)NC1CCN(CC2CCCNC2)CC1. The van der Waals surface area contributed by atoms with Crippen LogP contribution in [-0.2, 0) is 0 Å². The van der Waals surface area contributed by atoms with Crippen LogP contribution in [0, 0.1) is 5.92 Å². The largest absolute Gasteiger partial charge is 0.496 e. The van der Waals surface area contributed by atoms with Crippen molar-refractivity contribution in [2.75, 3.05) is 45.6 Å². The van der Waals surface area contributed by atoms with E-state index >= 15 is 0 Å². The first kappa shape index (κ1) is 19.3. The fraction of sp³-hybridized carbons (Fsp3) is 0.632. The molecule has 0 saturated carbocycles. The van der Waals surface area contributed by atoms with Crippen molar-refractivity contribution in [2.24, 2.45) is 5.92 Å². The summed E-state index contributed by atoms with van der Waals surface area (Å²) in [6, 6.07) is 3.36. The predicted octanol–water partition coefficient (Wildman–Crippen LogP) is 2.12. The van der Waals surface area contributed by atoms with Crippen molar-refractivity contribution >= 4 is 23.2 Å². The Hall–Kier alpha value is -1.50. The van der Waals surface area contributed by atoms with E-state index in [-0.39, 0.29) is 11.9 Å². The van der Waals surface area contributed by atoms with Gasteiger partial charge < -0.3 is 26.0 Å². The molecule has 0 bridgehead atoms.